The van der Waals surface area contributed by atoms with E-state index < -0.39 is 0 Å². The van der Waals surface area contributed by atoms with E-state index in [1.54, 1.807) is 23.9 Å². The first-order chi connectivity index (χ1) is 7.72. The van der Waals surface area contributed by atoms with Gasteiger partial charge < -0.3 is 10.7 Å². The molecule has 1 aromatic carbocycles. The van der Waals surface area contributed by atoms with Gasteiger partial charge in [-0.1, -0.05) is 6.07 Å². The monoisotopic (exact) mass is 239 g/mol. The Balaban J connectivity index is 2.29. The molecule has 1 atom stereocenters. The molecule has 0 saturated heterocycles. The lowest BCUT2D eigenvalue weighted by atomic mass is 10.2. The number of para-hydroxylation sites is 1. The lowest BCUT2D eigenvalue weighted by molar-refractivity contribution is 0.634. The minimum absolute atomic E-state index is 0.153. The molecule has 0 amide bonds. The lowest BCUT2D eigenvalue weighted by Gasteiger charge is -2.06. The summed E-state index contributed by atoms with van der Waals surface area (Å²) in [5.74, 6) is 1.33. The van der Waals surface area contributed by atoms with Crippen LogP contribution < -0.4 is 5.73 Å². The molecule has 0 radical (unpaired) electrons. The molecule has 2 aromatic rings. The Morgan fingerprint density at radius 2 is 2.38 bits per heavy atom. The molecule has 0 aliphatic carbocycles. The van der Waals surface area contributed by atoms with E-state index in [1.165, 1.54) is 6.07 Å². The molecule has 0 fully saturated rings. The second-order valence-corrected chi connectivity index (χ2v) is 4.63. The van der Waals surface area contributed by atoms with Crippen LogP contribution in [0, 0.1) is 5.82 Å². The van der Waals surface area contributed by atoms with E-state index in [9.17, 15) is 4.39 Å². The van der Waals surface area contributed by atoms with Crippen molar-refractivity contribution in [3.05, 3.63) is 29.8 Å². The Morgan fingerprint density at radius 3 is 3.06 bits per heavy atom. The van der Waals surface area contributed by atoms with Gasteiger partial charge >= 0.3 is 0 Å². The van der Waals surface area contributed by atoms with Crippen LogP contribution in [0.15, 0.2) is 18.2 Å². The Morgan fingerprint density at radius 1 is 1.56 bits per heavy atom. The molecule has 5 heteroatoms. The standard InChI is InChI=1S/C11H14FN3S/c1-16-6-5-8(13)11-14-9-4-2-3-7(12)10(9)15-11/h2-4,8H,5-6,13H2,1H3,(H,14,15). The second-order valence-electron chi connectivity index (χ2n) is 3.65. The number of hydrogen-bond donors (Lipinski definition) is 2. The number of nitrogens with zero attached hydrogens (tertiary/aromatic N) is 1. The summed E-state index contributed by atoms with van der Waals surface area (Å²) in [5.41, 5.74) is 7.04. The van der Waals surface area contributed by atoms with Gasteiger partial charge in [0.15, 0.2) is 5.82 Å². The third-order valence-electron chi connectivity index (χ3n) is 2.47. The zero-order valence-corrected chi connectivity index (χ0v) is 9.85. The molecule has 86 valence electrons. The average molecular weight is 239 g/mol. The van der Waals surface area contributed by atoms with Crippen LogP contribution in [0.4, 0.5) is 4.39 Å². The molecule has 16 heavy (non-hydrogen) atoms. The van der Waals surface area contributed by atoms with Gasteiger partial charge in [-0.2, -0.15) is 11.8 Å². The highest BCUT2D eigenvalue weighted by Gasteiger charge is 2.12. The van der Waals surface area contributed by atoms with Gasteiger partial charge in [-0.25, -0.2) is 9.37 Å². The fourth-order valence-corrected chi connectivity index (χ4v) is 2.06. The molecule has 3 nitrogen and oxygen atoms in total. The summed E-state index contributed by atoms with van der Waals surface area (Å²) in [5, 5.41) is 0. The van der Waals surface area contributed by atoms with Gasteiger partial charge in [0.25, 0.3) is 0 Å². The number of rotatable bonds is 4. The fourth-order valence-electron chi connectivity index (χ4n) is 1.57. The molecule has 2 rings (SSSR count). The lowest BCUT2D eigenvalue weighted by Crippen LogP contribution is -2.12. The molecule has 1 aromatic heterocycles. The van der Waals surface area contributed by atoms with Crippen molar-refractivity contribution in [3.8, 4) is 0 Å². The maximum absolute atomic E-state index is 13.4. The maximum Gasteiger partial charge on any atom is 0.151 e. The quantitative estimate of drug-likeness (QED) is 0.861. The number of thioether (sulfide) groups is 1. The van der Waals surface area contributed by atoms with E-state index in [2.05, 4.69) is 9.97 Å². The van der Waals surface area contributed by atoms with Crippen molar-refractivity contribution < 1.29 is 4.39 Å². The molecular weight excluding hydrogens is 225 g/mol. The minimum atomic E-state index is -0.308. The van der Waals surface area contributed by atoms with Crippen molar-refractivity contribution >= 4 is 22.8 Å². The van der Waals surface area contributed by atoms with E-state index in [0.717, 1.165) is 12.2 Å². The van der Waals surface area contributed by atoms with Crippen LogP contribution in [0.1, 0.15) is 18.3 Å². The Kier molecular flexibility index (Phi) is 3.46. The Labute approximate surface area is 97.6 Å². The minimum Gasteiger partial charge on any atom is -0.341 e. The summed E-state index contributed by atoms with van der Waals surface area (Å²) in [7, 11) is 0. The third-order valence-corrected chi connectivity index (χ3v) is 3.11. The number of hydrogen-bond acceptors (Lipinski definition) is 3. The van der Waals surface area contributed by atoms with E-state index >= 15 is 0 Å². The summed E-state index contributed by atoms with van der Waals surface area (Å²) >= 11 is 1.74. The number of benzene rings is 1. The predicted molar refractivity (Wildman–Crippen MR) is 66.0 cm³/mol. The Hall–Kier alpha value is -1.07. The third kappa shape index (κ3) is 2.20. The second kappa shape index (κ2) is 4.84. The highest BCUT2D eigenvalue weighted by Crippen LogP contribution is 2.19. The average Bonchev–Trinajstić information content (AvgIpc) is 2.71. The van der Waals surface area contributed by atoms with Crippen molar-refractivity contribution in [3.63, 3.8) is 0 Å². The van der Waals surface area contributed by atoms with Crippen LogP contribution in [0.5, 0.6) is 0 Å². The van der Waals surface area contributed by atoms with Crippen LogP contribution in [0.3, 0.4) is 0 Å². The molecule has 0 spiro atoms. The van der Waals surface area contributed by atoms with E-state index in [4.69, 9.17) is 5.73 Å². The smallest absolute Gasteiger partial charge is 0.151 e. The molecule has 0 saturated carbocycles. The highest BCUT2D eigenvalue weighted by molar-refractivity contribution is 7.98. The van der Waals surface area contributed by atoms with Gasteiger partial charge in [0.1, 0.15) is 11.3 Å². The van der Waals surface area contributed by atoms with E-state index in [0.29, 0.717) is 16.9 Å². The van der Waals surface area contributed by atoms with Gasteiger partial charge in [0.2, 0.25) is 0 Å². The number of aromatic nitrogens is 2. The highest BCUT2D eigenvalue weighted by atomic mass is 32.2. The molecule has 3 N–H and O–H groups in total. The number of imidazole rings is 1. The molecule has 0 aliphatic heterocycles. The van der Waals surface area contributed by atoms with Gasteiger partial charge in [-0.3, -0.25) is 0 Å². The normalized spacial score (nSPS) is 13.2. The number of nitrogens with two attached hydrogens (primary N) is 1. The fraction of sp³-hybridized carbons (Fsp3) is 0.364. The predicted octanol–water partition coefficient (Wildman–Crippen LogP) is 2.45. The molecular formula is C11H14FN3S. The van der Waals surface area contributed by atoms with Crippen molar-refractivity contribution in [2.24, 2.45) is 5.73 Å². The number of H-pyrrole nitrogens is 1. The first-order valence-corrected chi connectivity index (χ1v) is 6.50. The SMILES string of the molecule is CSCCC(N)c1nc2c(F)cccc2[nH]1. The van der Waals surface area contributed by atoms with Gasteiger partial charge in [0, 0.05) is 0 Å². The zero-order chi connectivity index (χ0) is 11.5. The molecule has 1 heterocycles. The summed E-state index contributed by atoms with van der Waals surface area (Å²) in [6, 6.07) is 4.71. The van der Waals surface area contributed by atoms with Crippen LogP contribution in [0.25, 0.3) is 11.0 Å². The van der Waals surface area contributed by atoms with Crippen molar-refractivity contribution in [2.75, 3.05) is 12.0 Å². The summed E-state index contributed by atoms with van der Waals surface area (Å²) in [6.07, 6.45) is 2.87. The van der Waals surface area contributed by atoms with Crippen LogP contribution in [0.2, 0.25) is 0 Å². The largest absolute Gasteiger partial charge is 0.341 e. The number of aromatic amines is 1. The van der Waals surface area contributed by atoms with E-state index in [-0.39, 0.29) is 11.9 Å². The number of halogens is 1. The number of fused-ring (bicyclic) bond motifs is 1. The van der Waals surface area contributed by atoms with Gasteiger partial charge in [-0.15, -0.1) is 0 Å². The molecule has 1 unspecified atom stereocenters. The Bertz CT molecular complexity index is 483. The first-order valence-electron chi connectivity index (χ1n) is 5.11. The van der Waals surface area contributed by atoms with Crippen LogP contribution >= 0.6 is 11.8 Å². The van der Waals surface area contributed by atoms with Crippen molar-refractivity contribution in [2.45, 2.75) is 12.5 Å². The maximum atomic E-state index is 13.4. The molecule has 0 aliphatic rings. The number of nitrogens with one attached hydrogen (secondary N) is 1. The van der Waals surface area contributed by atoms with Gasteiger partial charge in [-0.05, 0) is 30.6 Å². The van der Waals surface area contributed by atoms with Crippen LogP contribution in [-0.2, 0) is 0 Å². The summed E-state index contributed by atoms with van der Waals surface area (Å²) < 4.78 is 13.4. The first kappa shape index (κ1) is 11.4. The van der Waals surface area contributed by atoms with Crippen LogP contribution in [-0.4, -0.2) is 22.0 Å². The summed E-state index contributed by atoms with van der Waals surface area (Å²) in [6.45, 7) is 0. The summed E-state index contributed by atoms with van der Waals surface area (Å²) in [4.78, 5) is 7.26. The van der Waals surface area contributed by atoms with Crippen molar-refractivity contribution in [1.82, 2.24) is 9.97 Å². The molecule has 0 bridgehead atoms. The zero-order valence-electron chi connectivity index (χ0n) is 9.03. The van der Waals surface area contributed by atoms with Crippen molar-refractivity contribution in [1.29, 1.82) is 0 Å². The van der Waals surface area contributed by atoms with Gasteiger partial charge in [0.05, 0.1) is 11.6 Å². The topological polar surface area (TPSA) is 54.7 Å². The van der Waals surface area contributed by atoms with E-state index in [1.807, 2.05) is 6.26 Å².